The summed E-state index contributed by atoms with van der Waals surface area (Å²) in [5.41, 5.74) is 0. The van der Waals surface area contributed by atoms with Crippen molar-refractivity contribution in [3.05, 3.63) is 0 Å². The van der Waals surface area contributed by atoms with Crippen LogP contribution in [0.15, 0.2) is 0 Å². The monoisotopic (exact) mass is 196 g/mol. The van der Waals surface area contributed by atoms with Crippen molar-refractivity contribution in [2.75, 3.05) is 13.1 Å². The van der Waals surface area contributed by atoms with Gasteiger partial charge in [0.1, 0.15) is 0 Å². The Morgan fingerprint density at radius 3 is 2.54 bits per heavy atom. The minimum absolute atomic E-state index is 0.0333. The summed E-state index contributed by atoms with van der Waals surface area (Å²) >= 11 is 0. The van der Waals surface area contributed by atoms with E-state index in [1.165, 1.54) is 6.92 Å². The molecule has 6 heteroatoms. The number of nitrogens with one attached hydrogen (secondary N) is 1. The Morgan fingerprint density at radius 1 is 1.54 bits per heavy atom. The van der Waals surface area contributed by atoms with Crippen molar-refractivity contribution >= 4 is 5.91 Å². The molecule has 13 heavy (non-hydrogen) atoms. The average Bonchev–Trinajstić information content (AvgIpc) is 2.32. The van der Waals surface area contributed by atoms with Gasteiger partial charge >= 0.3 is 6.30 Å². The molecule has 3 nitrogen and oxygen atoms in total. The molecule has 0 aromatic rings. The summed E-state index contributed by atoms with van der Waals surface area (Å²) in [5.74, 6) is -0.283. The number of halogens is 3. The van der Waals surface area contributed by atoms with Crippen LogP contribution in [-0.2, 0) is 4.79 Å². The number of hydrogen-bond donors (Lipinski definition) is 1. The maximum Gasteiger partial charge on any atom is 0.459 e. The molecular formula is C7H11F3N2O. The third-order valence-corrected chi connectivity index (χ3v) is 1.95. The van der Waals surface area contributed by atoms with E-state index in [2.05, 4.69) is 5.32 Å². The maximum atomic E-state index is 12.1. The van der Waals surface area contributed by atoms with Crippen molar-refractivity contribution < 1.29 is 18.0 Å². The molecule has 0 aromatic carbocycles. The SMILES string of the molecule is CC(=O)N[C@H]1CCN(C(F)(F)F)C1. The van der Waals surface area contributed by atoms with E-state index in [1.54, 1.807) is 0 Å². The molecular weight excluding hydrogens is 185 g/mol. The lowest BCUT2D eigenvalue weighted by molar-refractivity contribution is -0.238. The molecule has 1 N–H and O–H groups in total. The van der Waals surface area contributed by atoms with Gasteiger partial charge in [-0.1, -0.05) is 0 Å². The molecule has 1 aliphatic rings. The topological polar surface area (TPSA) is 32.3 Å². The standard InChI is InChI=1S/C7H11F3N2O/c1-5(13)11-6-2-3-12(4-6)7(8,9)10/h6H,2-4H2,1H3,(H,11,13)/t6-/m0/s1. The highest BCUT2D eigenvalue weighted by molar-refractivity contribution is 5.73. The molecule has 1 heterocycles. The largest absolute Gasteiger partial charge is 0.459 e. The van der Waals surface area contributed by atoms with Crippen molar-refractivity contribution in [1.29, 1.82) is 0 Å². The Labute approximate surface area is 73.9 Å². The molecule has 1 aliphatic heterocycles. The van der Waals surface area contributed by atoms with Crippen LogP contribution in [0, 0.1) is 0 Å². The first-order valence-corrected chi connectivity index (χ1v) is 3.98. The van der Waals surface area contributed by atoms with Gasteiger partial charge in [-0.15, -0.1) is 0 Å². The smallest absolute Gasteiger partial charge is 0.352 e. The van der Waals surface area contributed by atoms with E-state index >= 15 is 0 Å². The molecule has 0 spiro atoms. The predicted molar refractivity (Wildman–Crippen MR) is 39.8 cm³/mol. The predicted octanol–water partition coefficient (Wildman–Crippen LogP) is 0.717. The molecule has 76 valence electrons. The molecule has 0 saturated carbocycles. The summed E-state index contributed by atoms with van der Waals surface area (Å²) in [5, 5.41) is 2.46. The van der Waals surface area contributed by atoms with Crippen LogP contribution in [0.4, 0.5) is 13.2 Å². The summed E-state index contributed by atoms with van der Waals surface area (Å²) in [4.78, 5) is 11.0. The second-order valence-corrected chi connectivity index (χ2v) is 3.10. The first kappa shape index (κ1) is 10.3. The third-order valence-electron chi connectivity index (χ3n) is 1.95. The quantitative estimate of drug-likeness (QED) is 0.626. The Bertz CT molecular complexity index is 204. The second-order valence-electron chi connectivity index (χ2n) is 3.10. The maximum absolute atomic E-state index is 12.1. The summed E-state index contributed by atoms with van der Waals surface area (Å²) in [6.07, 6.45) is -3.91. The van der Waals surface area contributed by atoms with Crippen molar-refractivity contribution in [3.8, 4) is 0 Å². The highest BCUT2D eigenvalue weighted by Crippen LogP contribution is 2.25. The highest BCUT2D eigenvalue weighted by atomic mass is 19.4. The summed E-state index contributed by atoms with van der Waals surface area (Å²) in [6.45, 7) is 1.13. The normalized spacial score (nSPS) is 24.8. The lowest BCUT2D eigenvalue weighted by atomic mass is 10.3. The van der Waals surface area contributed by atoms with Crippen LogP contribution in [0.2, 0.25) is 0 Å². The number of amides is 1. The fraction of sp³-hybridized carbons (Fsp3) is 0.857. The van der Waals surface area contributed by atoms with E-state index in [4.69, 9.17) is 0 Å². The average molecular weight is 196 g/mol. The number of likely N-dealkylation sites (tertiary alicyclic amines) is 1. The van der Waals surface area contributed by atoms with Gasteiger partial charge in [0.05, 0.1) is 0 Å². The van der Waals surface area contributed by atoms with Gasteiger partial charge < -0.3 is 5.32 Å². The number of alkyl halides is 3. The van der Waals surface area contributed by atoms with Gasteiger partial charge in [-0.05, 0) is 6.42 Å². The van der Waals surface area contributed by atoms with E-state index < -0.39 is 6.30 Å². The van der Waals surface area contributed by atoms with E-state index in [-0.39, 0.29) is 25.0 Å². The highest BCUT2D eigenvalue weighted by Gasteiger charge is 2.41. The third kappa shape index (κ3) is 2.87. The van der Waals surface area contributed by atoms with Gasteiger partial charge in [-0.2, -0.15) is 13.2 Å². The minimum Gasteiger partial charge on any atom is -0.352 e. The molecule has 1 rings (SSSR count). The lowest BCUT2D eigenvalue weighted by Crippen LogP contribution is -2.40. The van der Waals surface area contributed by atoms with Crippen molar-refractivity contribution in [3.63, 3.8) is 0 Å². The minimum atomic E-state index is -4.27. The van der Waals surface area contributed by atoms with E-state index in [0.717, 1.165) is 0 Å². The fourth-order valence-electron chi connectivity index (χ4n) is 1.40. The molecule has 0 radical (unpaired) electrons. The second kappa shape index (κ2) is 3.53. The zero-order valence-electron chi connectivity index (χ0n) is 7.19. The summed E-state index contributed by atoms with van der Waals surface area (Å²) < 4.78 is 36.3. The number of nitrogens with zero attached hydrogens (tertiary/aromatic N) is 1. The van der Waals surface area contributed by atoms with Crippen LogP contribution in [0.5, 0.6) is 0 Å². The van der Waals surface area contributed by atoms with Crippen LogP contribution in [0.1, 0.15) is 13.3 Å². The Balaban J connectivity index is 2.41. The van der Waals surface area contributed by atoms with Crippen LogP contribution in [0.25, 0.3) is 0 Å². The number of carbonyl (C=O) groups excluding carboxylic acids is 1. The molecule has 0 aromatic heterocycles. The Hall–Kier alpha value is -0.780. The number of carbonyl (C=O) groups is 1. The van der Waals surface area contributed by atoms with E-state index in [1.807, 2.05) is 0 Å². The molecule has 1 atom stereocenters. The van der Waals surface area contributed by atoms with Gasteiger partial charge in [0.15, 0.2) is 0 Å². The van der Waals surface area contributed by atoms with Crippen LogP contribution in [0.3, 0.4) is 0 Å². The van der Waals surface area contributed by atoms with Gasteiger partial charge in [-0.25, -0.2) is 4.90 Å². The zero-order valence-corrected chi connectivity index (χ0v) is 7.19. The molecule has 0 bridgehead atoms. The molecule has 1 amide bonds. The van der Waals surface area contributed by atoms with E-state index in [9.17, 15) is 18.0 Å². The van der Waals surface area contributed by atoms with Crippen molar-refractivity contribution in [2.45, 2.75) is 25.7 Å². The molecule has 0 unspecified atom stereocenters. The van der Waals surface area contributed by atoms with Gasteiger partial charge in [-0.3, -0.25) is 4.79 Å². The lowest BCUT2D eigenvalue weighted by Gasteiger charge is -2.18. The summed E-state index contributed by atoms with van der Waals surface area (Å²) in [7, 11) is 0. The van der Waals surface area contributed by atoms with Crippen molar-refractivity contribution in [1.82, 2.24) is 10.2 Å². The zero-order chi connectivity index (χ0) is 10.1. The van der Waals surface area contributed by atoms with Gasteiger partial charge in [0, 0.05) is 26.1 Å². The van der Waals surface area contributed by atoms with Crippen LogP contribution >= 0.6 is 0 Å². The first-order chi connectivity index (χ1) is 5.89. The Kier molecular flexibility index (Phi) is 2.80. The fourth-order valence-corrected chi connectivity index (χ4v) is 1.40. The number of hydrogen-bond acceptors (Lipinski definition) is 2. The molecule has 1 fully saturated rings. The van der Waals surface area contributed by atoms with E-state index in [0.29, 0.717) is 11.3 Å². The van der Waals surface area contributed by atoms with Gasteiger partial charge in [0.2, 0.25) is 5.91 Å². The summed E-state index contributed by atoms with van der Waals surface area (Å²) in [6, 6.07) is -0.362. The Morgan fingerprint density at radius 2 is 2.15 bits per heavy atom. The van der Waals surface area contributed by atoms with Crippen LogP contribution < -0.4 is 5.32 Å². The number of rotatable bonds is 1. The first-order valence-electron chi connectivity index (χ1n) is 3.98. The molecule has 0 aliphatic carbocycles. The molecule has 1 saturated heterocycles. The van der Waals surface area contributed by atoms with Crippen LogP contribution in [-0.4, -0.2) is 36.2 Å². The van der Waals surface area contributed by atoms with Gasteiger partial charge in [0.25, 0.3) is 0 Å². The van der Waals surface area contributed by atoms with Crippen molar-refractivity contribution in [2.24, 2.45) is 0 Å².